The van der Waals surface area contributed by atoms with Crippen LogP contribution < -0.4 is 0 Å². The average Bonchev–Trinajstić information content (AvgIpc) is 2.49. The zero-order valence-corrected chi connectivity index (χ0v) is 5.50. The molecule has 12 heavy (non-hydrogen) atoms. The number of hydrogen-bond donors (Lipinski definition) is 1. The molecule has 0 saturated carbocycles. The van der Waals surface area contributed by atoms with Gasteiger partial charge < -0.3 is 10.1 Å². The minimum absolute atomic E-state index is 0.00926. The van der Waals surface area contributed by atoms with Crippen LogP contribution in [0.15, 0.2) is 0 Å². The van der Waals surface area contributed by atoms with Gasteiger partial charge in [-0.15, -0.1) is 10.2 Å². The van der Waals surface area contributed by atoms with E-state index in [-0.39, 0.29) is 11.2 Å². The molecule has 0 aromatic carbocycles. The van der Waals surface area contributed by atoms with Crippen LogP contribution in [-0.2, 0) is 0 Å². The van der Waals surface area contributed by atoms with E-state index in [0.29, 0.717) is 0 Å². The Morgan fingerprint density at radius 1 is 1.33 bits per heavy atom. The summed E-state index contributed by atoms with van der Waals surface area (Å²) >= 11 is 0. The maximum atomic E-state index is 10.3. The summed E-state index contributed by atoms with van der Waals surface area (Å²) in [6.45, 7) is 0. The predicted molar refractivity (Wildman–Crippen MR) is 33.9 cm³/mol. The number of aromatic nitrogens is 6. The molecule has 0 radical (unpaired) electrons. The summed E-state index contributed by atoms with van der Waals surface area (Å²) in [5.74, 6) is -0.450. The van der Waals surface area contributed by atoms with Gasteiger partial charge in [-0.1, -0.05) is 5.10 Å². The Morgan fingerprint density at radius 2 is 2.17 bits per heavy atom. The first-order chi connectivity index (χ1) is 5.79. The number of nitrogens with zero attached hydrogens (tertiary/aromatic N) is 6. The Kier molecular flexibility index (Phi) is 1.17. The van der Waals surface area contributed by atoms with Crippen LogP contribution >= 0.6 is 0 Å². The van der Waals surface area contributed by atoms with Crippen molar-refractivity contribution in [2.24, 2.45) is 0 Å². The molecule has 0 saturated heterocycles. The summed E-state index contributed by atoms with van der Waals surface area (Å²) in [6.07, 6.45) is 0. The number of hydrogen-bond acceptors (Lipinski definition) is 7. The number of nitro groups is 1. The number of H-pyrrole nitrogens is 1. The Bertz CT molecular complexity index is 435. The van der Waals surface area contributed by atoms with E-state index in [1.807, 2.05) is 0 Å². The summed E-state index contributed by atoms with van der Waals surface area (Å²) < 4.78 is 0. The van der Waals surface area contributed by atoms with Crippen molar-refractivity contribution in [3.63, 3.8) is 0 Å². The molecule has 1 N–H and O–H groups in total. The van der Waals surface area contributed by atoms with Crippen LogP contribution in [0.2, 0.25) is 0 Å². The minimum atomic E-state index is -0.695. The van der Waals surface area contributed by atoms with Gasteiger partial charge in [0.2, 0.25) is 11.2 Å². The topological polar surface area (TPSA) is 123 Å². The Labute approximate surface area is 63.9 Å². The molecule has 0 amide bonds. The Morgan fingerprint density at radius 3 is 2.92 bits per heavy atom. The lowest BCUT2D eigenvalue weighted by molar-refractivity contribution is -0.388. The number of rotatable bonds is 1. The fraction of sp³-hybridized carbons (Fsp3) is 0. The van der Waals surface area contributed by atoms with Crippen molar-refractivity contribution in [3.05, 3.63) is 10.1 Å². The van der Waals surface area contributed by atoms with Gasteiger partial charge in [-0.3, -0.25) is 0 Å². The third-order valence-electron chi connectivity index (χ3n) is 1.19. The highest BCUT2D eigenvalue weighted by molar-refractivity contribution is 5.76. The highest BCUT2D eigenvalue weighted by atomic mass is 16.6. The molecule has 9 nitrogen and oxygen atoms in total. The quantitative estimate of drug-likeness (QED) is 0.428. The normalized spacial score (nSPS) is 10.3. The molecule has 9 heteroatoms. The molecule has 0 aliphatic carbocycles. The van der Waals surface area contributed by atoms with Gasteiger partial charge in [0, 0.05) is 0 Å². The lowest BCUT2D eigenvalue weighted by atomic mass is 10.5. The molecule has 0 fully saturated rings. The molecule has 2 heterocycles. The number of aromatic amines is 1. The second-order valence-electron chi connectivity index (χ2n) is 1.87. The average molecular weight is 167 g/mol. The lowest BCUT2D eigenvalue weighted by Gasteiger charge is -1.86. The molecule has 0 bridgehead atoms. The molecule has 0 unspecified atom stereocenters. The lowest BCUT2D eigenvalue weighted by Crippen LogP contribution is -1.97. The third kappa shape index (κ3) is 0.761. The predicted octanol–water partition coefficient (Wildman–Crippen LogP) is -0.949. The Balaban J connectivity index is 2.82. The molecule has 2 aromatic rings. The Hall–Kier alpha value is -2.19. The van der Waals surface area contributed by atoms with Crippen molar-refractivity contribution in [2.45, 2.75) is 0 Å². The van der Waals surface area contributed by atoms with E-state index in [1.165, 1.54) is 0 Å². The van der Waals surface area contributed by atoms with E-state index < -0.39 is 10.7 Å². The van der Waals surface area contributed by atoms with Crippen LogP contribution in [0.1, 0.15) is 0 Å². The number of nitrogens with one attached hydrogen (secondary N) is 1. The summed E-state index contributed by atoms with van der Waals surface area (Å²) in [6, 6.07) is 0. The van der Waals surface area contributed by atoms with Crippen LogP contribution in [0, 0.1) is 10.1 Å². The van der Waals surface area contributed by atoms with E-state index in [0.717, 1.165) is 0 Å². The van der Waals surface area contributed by atoms with Crippen LogP contribution in [0.25, 0.3) is 11.2 Å². The summed E-state index contributed by atoms with van der Waals surface area (Å²) in [4.78, 5) is 9.61. The minimum Gasteiger partial charge on any atom is -0.358 e. The molecular weight excluding hydrogens is 166 g/mol. The van der Waals surface area contributed by atoms with Crippen molar-refractivity contribution in [1.82, 2.24) is 30.8 Å². The molecule has 2 rings (SSSR count). The molecule has 60 valence electrons. The number of fused-ring (bicyclic) bond motifs is 1. The smallest absolute Gasteiger partial charge is 0.358 e. The van der Waals surface area contributed by atoms with Crippen molar-refractivity contribution >= 4 is 17.0 Å². The SMILES string of the molecule is O=[N+]([O-])c1nnnc2n[nH]nc12. The summed E-state index contributed by atoms with van der Waals surface area (Å²) in [5, 5.41) is 29.2. The molecule has 0 spiro atoms. The molecule has 0 aliphatic rings. The molecular formula is C3HN7O2. The fourth-order valence-electron chi connectivity index (χ4n) is 0.722. The van der Waals surface area contributed by atoms with E-state index in [2.05, 4.69) is 30.8 Å². The largest absolute Gasteiger partial charge is 0.424 e. The van der Waals surface area contributed by atoms with Gasteiger partial charge in [0.1, 0.15) is 5.10 Å². The first kappa shape index (κ1) is 6.52. The van der Waals surface area contributed by atoms with Crippen molar-refractivity contribution in [3.8, 4) is 0 Å². The maximum absolute atomic E-state index is 10.3. The van der Waals surface area contributed by atoms with Gasteiger partial charge in [0.15, 0.2) is 0 Å². The van der Waals surface area contributed by atoms with Gasteiger partial charge >= 0.3 is 5.82 Å². The van der Waals surface area contributed by atoms with Crippen molar-refractivity contribution in [2.75, 3.05) is 0 Å². The summed E-state index contributed by atoms with van der Waals surface area (Å²) in [5.41, 5.74) is 0.0895. The van der Waals surface area contributed by atoms with Crippen molar-refractivity contribution in [1.29, 1.82) is 0 Å². The van der Waals surface area contributed by atoms with E-state index in [1.54, 1.807) is 0 Å². The zero-order valence-electron chi connectivity index (χ0n) is 5.50. The van der Waals surface area contributed by atoms with E-state index in [4.69, 9.17) is 0 Å². The molecule has 0 aliphatic heterocycles. The van der Waals surface area contributed by atoms with Gasteiger partial charge in [0.05, 0.1) is 5.21 Å². The molecule has 0 atom stereocenters. The van der Waals surface area contributed by atoms with Crippen LogP contribution in [0.5, 0.6) is 0 Å². The second-order valence-corrected chi connectivity index (χ2v) is 1.87. The third-order valence-corrected chi connectivity index (χ3v) is 1.19. The van der Waals surface area contributed by atoms with E-state index in [9.17, 15) is 10.1 Å². The first-order valence-electron chi connectivity index (χ1n) is 2.83. The fourth-order valence-corrected chi connectivity index (χ4v) is 0.722. The molecule has 2 aromatic heterocycles. The standard InChI is InChI=1S/C3HN7O2/c11-10(12)3-1-2(5-8-4-1)6-9-7-3/h(H,4,5,6,7,8). The highest BCUT2D eigenvalue weighted by Crippen LogP contribution is 2.13. The first-order valence-corrected chi connectivity index (χ1v) is 2.83. The van der Waals surface area contributed by atoms with Gasteiger partial charge in [-0.2, -0.15) is 5.21 Å². The van der Waals surface area contributed by atoms with Crippen LogP contribution in [-0.4, -0.2) is 35.7 Å². The monoisotopic (exact) mass is 167 g/mol. The summed E-state index contributed by atoms with van der Waals surface area (Å²) in [7, 11) is 0. The van der Waals surface area contributed by atoms with Gasteiger partial charge in [0.25, 0.3) is 0 Å². The second kappa shape index (κ2) is 2.15. The van der Waals surface area contributed by atoms with Gasteiger partial charge in [-0.25, -0.2) is 0 Å². The maximum Gasteiger partial charge on any atom is 0.424 e. The van der Waals surface area contributed by atoms with Crippen molar-refractivity contribution < 1.29 is 4.92 Å². The van der Waals surface area contributed by atoms with Gasteiger partial charge in [-0.05, 0) is 4.92 Å². The zero-order chi connectivity index (χ0) is 8.55. The van der Waals surface area contributed by atoms with Crippen LogP contribution in [0.3, 0.4) is 0 Å². The highest BCUT2D eigenvalue weighted by Gasteiger charge is 2.18. The van der Waals surface area contributed by atoms with Crippen LogP contribution in [0.4, 0.5) is 5.82 Å². The van der Waals surface area contributed by atoms with E-state index >= 15 is 0 Å².